The summed E-state index contributed by atoms with van der Waals surface area (Å²) in [5.41, 5.74) is 0. The molecule has 0 bridgehead atoms. The predicted octanol–water partition coefficient (Wildman–Crippen LogP) is 2.75. The maximum absolute atomic E-state index is 12.3. The molecule has 2 amide bonds. The molecule has 5 nitrogen and oxygen atoms in total. The summed E-state index contributed by atoms with van der Waals surface area (Å²) in [4.78, 5) is 17.9. The molecule has 122 valence electrons. The van der Waals surface area contributed by atoms with Gasteiger partial charge in [-0.25, -0.2) is 9.78 Å². The van der Waals surface area contributed by atoms with E-state index in [1.165, 1.54) is 17.7 Å². The molecule has 3 rings (SSSR count). The molecule has 0 aromatic carbocycles. The fourth-order valence-corrected chi connectivity index (χ4v) is 4.10. The van der Waals surface area contributed by atoms with Crippen molar-refractivity contribution < 1.29 is 9.90 Å². The number of thiazole rings is 1. The molecule has 2 aliphatic rings. The van der Waals surface area contributed by atoms with E-state index >= 15 is 0 Å². The molecule has 1 aromatic rings. The van der Waals surface area contributed by atoms with Gasteiger partial charge in [-0.2, -0.15) is 0 Å². The Balaban J connectivity index is 1.51. The number of aryl methyl sites for hydroxylation is 1. The van der Waals surface area contributed by atoms with Crippen LogP contribution in [0.3, 0.4) is 0 Å². The summed E-state index contributed by atoms with van der Waals surface area (Å²) >= 11 is 1.67. The van der Waals surface area contributed by atoms with E-state index in [0.29, 0.717) is 11.8 Å². The van der Waals surface area contributed by atoms with Crippen molar-refractivity contribution in [1.29, 1.82) is 0 Å². The van der Waals surface area contributed by atoms with Crippen molar-refractivity contribution in [3.63, 3.8) is 0 Å². The minimum atomic E-state index is -0.0720. The lowest BCUT2D eigenvalue weighted by Crippen LogP contribution is -2.45. The minimum absolute atomic E-state index is 0.0625. The SMILES string of the molecule is Cc1cnc(C(NC(=O)NC2CCC(CO)CC2)C2CC2)s1. The Morgan fingerprint density at radius 3 is 2.64 bits per heavy atom. The number of hydrogen-bond acceptors (Lipinski definition) is 4. The fourth-order valence-electron chi connectivity index (χ4n) is 3.18. The van der Waals surface area contributed by atoms with Gasteiger partial charge in [0.2, 0.25) is 0 Å². The van der Waals surface area contributed by atoms with Crippen molar-refractivity contribution in [2.24, 2.45) is 11.8 Å². The van der Waals surface area contributed by atoms with Crippen molar-refractivity contribution in [2.45, 2.75) is 57.5 Å². The lowest BCUT2D eigenvalue weighted by Gasteiger charge is -2.28. The van der Waals surface area contributed by atoms with Crippen LogP contribution < -0.4 is 10.6 Å². The van der Waals surface area contributed by atoms with Crippen molar-refractivity contribution >= 4 is 17.4 Å². The molecule has 0 saturated heterocycles. The number of hydrogen-bond donors (Lipinski definition) is 3. The number of aliphatic hydroxyl groups is 1. The molecular formula is C16H25N3O2S. The molecule has 0 radical (unpaired) electrons. The number of urea groups is 1. The van der Waals surface area contributed by atoms with Gasteiger partial charge in [0.05, 0.1) is 6.04 Å². The van der Waals surface area contributed by atoms with Crippen LogP contribution in [0.4, 0.5) is 4.79 Å². The van der Waals surface area contributed by atoms with Gasteiger partial charge in [-0.3, -0.25) is 0 Å². The Labute approximate surface area is 135 Å². The average Bonchev–Trinajstić information content (AvgIpc) is 3.27. The van der Waals surface area contributed by atoms with Gasteiger partial charge < -0.3 is 15.7 Å². The van der Waals surface area contributed by atoms with E-state index in [2.05, 4.69) is 15.6 Å². The summed E-state index contributed by atoms with van der Waals surface area (Å²) in [5, 5.41) is 16.4. The van der Waals surface area contributed by atoms with Crippen LogP contribution in [-0.2, 0) is 0 Å². The van der Waals surface area contributed by atoms with E-state index in [9.17, 15) is 4.79 Å². The van der Waals surface area contributed by atoms with Crippen molar-refractivity contribution in [3.8, 4) is 0 Å². The third kappa shape index (κ3) is 3.98. The van der Waals surface area contributed by atoms with Gasteiger partial charge in [0, 0.05) is 23.7 Å². The molecular weight excluding hydrogens is 298 g/mol. The summed E-state index contributed by atoms with van der Waals surface area (Å²) < 4.78 is 0. The third-order valence-electron chi connectivity index (χ3n) is 4.73. The van der Waals surface area contributed by atoms with Crippen LogP contribution >= 0.6 is 11.3 Å². The number of nitrogens with one attached hydrogen (secondary N) is 2. The number of amides is 2. The van der Waals surface area contributed by atoms with E-state index < -0.39 is 0 Å². The molecule has 6 heteroatoms. The third-order valence-corrected chi connectivity index (χ3v) is 5.72. The summed E-state index contributed by atoms with van der Waals surface area (Å²) in [7, 11) is 0. The quantitative estimate of drug-likeness (QED) is 0.780. The summed E-state index contributed by atoms with van der Waals surface area (Å²) in [6.45, 7) is 2.32. The predicted molar refractivity (Wildman–Crippen MR) is 86.8 cm³/mol. The average molecular weight is 323 g/mol. The first-order valence-electron chi connectivity index (χ1n) is 8.26. The standard InChI is InChI=1S/C16H25N3O2S/c1-10-8-17-15(22-10)14(12-4-5-12)19-16(21)18-13-6-2-11(9-20)3-7-13/h8,11-14,20H,2-7,9H2,1H3,(H2,18,19,21). The molecule has 1 unspecified atom stereocenters. The Morgan fingerprint density at radius 2 is 2.09 bits per heavy atom. The second-order valence-electron chi connectivity index (χ2n) is 6.64. The number of aromatic nitrogens is 1. The van der Waals surface area contributed by atoms with Crippen molar-refractivity contribution in [2.75, 3.05) is 6.61 Å². The van der Waals surface area contributed by atoms with E-state index in [1.54, 1.807) is 11.3 Å². The highest BCUT2D eigenvalue weighted by atomic mass is 32.1. The lowest BCUT2D eigenvalue weighted by molar-refractivity contribution is 0.174. The molecule has 1 atom stereocenters. The van der Waals surface area contributed by atoms with Crippen LogP contribution in [-0.4, -0.2) is 28.8 Å². The first-order valence-corrected chi connectivity index (χ1v) is 9.07. The number of rotatable bonds is 5. The van der Waals surface area contributed by atoms with Gasteiger partial charge in [-0.15, -0.1) is 11.3 Å². The van der Waals surface area contributed by atoms with Crippen LogP contribution in [0.2, 0.25) is 0 Å². The fraction of sp³-hybridized carbons (Fsp3) is 0.750. The zero-order valence-corrected chi connectivity index (χ0v) is 13.9. The van der Waals surface area contributed by atoms with Crippen LogP contribution in [0.25, 0.3) is 0 Å². The zero-order valence-electron chi connectivity index (χ0n) is 13.0. The molecule has 2 fully saturated rings. The van der Waals surface area contributed by atoms with Crippen LogP contribution in [0.15, 0.2) is 6.20 Å². The van der Waals surface area contributed by atoms with Gasteiger partial charge in [-0.1, -0.05) is 0 Å². The topological polar surface area (TPSA) is 74.2 Å². The first kappa shape index (κ1) is 15.7. The van der Waals surface area contributed by atoms with E-state index in [4.69, 9.17) is 5.11 Å². The van der Waals surface area contributed by atoms with Gasteiger partial charge in [-0.05, 0) is 57.3 Å². The number of aliphatic hydroxyl groups excluding tert-OH is 1. The lowest BCUT2D eigenvalue weighted by atomic mass is 9.87. The molecule has 1 heterocycles. The first-order chi connectivity index (χ1) is 10.7. The Morgan fingerprint density at radius 1 is 1.36 bits per heavy atom. The maximum Gasteiger partial charge on any atom is 0.315 e. The van der Waals surface area contributed by atoms with E-state index in [1.807, 2.05) is 13.1 Å². The van der Waals surface area contributed by atoms with E-state index in [-0.39, 0.29) is 24.7 Å². The highest BCUT2D eigenvalue weighted by molar-refractivity contribution is 7.11. The van der Waals surface area contributed by atoms with Gasteiger partial charge >= 0.3 is 6.03 Å². The van der Waals surface area contributed by atoms with Gasteiger partial charge in [0.15, 0.2) is 0 Å². The smallest absolute Gasteiger partial charge is 0.315 e. The number of nitrogens with zero attached hydrogens (tertiary/aromatic N) is 1. The highest BCUT2D eigenvalue weighted by Gasteiger charge is 2.35. The molecule has 2 saturated carbocycles. The maximum atomic E-state index is 12.3. The molecule has 22 heavy (non-hydrogen) atoms. The number of carbonyl (C=O) groups is 1. The Hall–Kier alpha value is -1.14. The number of carbonyl (C=O) groups excluding carboxylic acids is 1. The minimum Gasteiger partial charge on any atom is -0.396 e. The summed E-state index contributed by atoms with van der Waals surface area (Å²) in [6, 6.07) is 0.227. The monoisotopic (exact) mass is 323 g/mol. The largest absolute Gasteiger partial charge is 0.396 e. The van der Waals surface area contributed by atoms with E-state index in [0.717, 1.165) is 30.7 Å². The van der Waals surface area contributed by atoms with Crippen LogP contribution in [0.5, 0.6) is 0 Å². The van der Waals surface area contributed by atoms with Gasteiger partial charge in [0.1, 0.15) is 5.01 Å². The van der Waals surface area contributed by atoms with Crippen molar-refractivity contribution in [3.05, 3.63) is 16.1 Å². The second-order valence-corrected chi connectivity index (χ2v) is 7.91. The van der Waals surface area contributed by atoms with Crippen LogP contribution in [0, 0.1) is 18.8 Å². The molecule has 1 aromatic heterocycles. The zero-order chi connectivity index (χ0) is 15.5. The molecule has 2 aliphatic carbocycles. The molecule has 0 spiro atoms. The van der Waals surface area contributed by atoms with Crippen molar-refractivity contribution in [1.82, 2.24) is 15.6 Å². The summed E-state index contributed by atoms with van der Waals surface area (Å²) in [6.07, 6.45) is 8.14. The normalized spacial score (nSPS) is 26.5. The van der Waals surface area contributed by atoms with Crippen LogP contribution in [0.1, 0.15) is 54.5 Å². The second kappa shape index (κ2) is 6.96. The highest BCUT2D eigenvalue weighted by Crippen LogP contribution is 2.42. The molecule has 0 aliphatic heterocycles. The van der Waals surface area contributed by atoms with Gasteiger partial charge in [0.25, 0.3) is 0 Å². The Kier molecular flexibility index (Phi) is 4.98. The summed E-state index contributed by atoms with van der Waals surface area (Å²) in [5.74, 6) is 0.958. The Bertz CT molecular complexity index is 507. The molecule has 3 N–H and O–H groups in total.